The van der Waals surface area contributed by atoms with Gasteiger partial charge >= 0.3 is 0 Å². The van der Waals surface area contributed by atoms with E-state index in [1.165, 1.54) is 29.2 Å². The van der Waals surface area contributed by atoms with Crippen LogP contribution in [-0.4, -0.2) is 38.9 Å². The highest BCUT2D eigenvalue weighted by atomic mass is 19.1. The van der Waals surface area contributed by atoms with Gasteiger partial charge in [-0.2, -0.15) is 0 Å². The fourth-order valence-electron chi connectivity index (χ4n) is 7.46. The number of fused-ring (bicyclic) bond motifs is 11. The largest absolute Gasteiger partial charge is 0.283 e. The smallest absolute Gasteiger partial charge is 0.266 e. The molecule has 7 nitrogen and oxygen atoms in total. The number of carbonyl (C=O) groups is 2. The molecule has 4 aromatic rings. The van der Waals surface area contributed by atoms with Crippen LogP contribution in [0.3, 0.4) is 0 Å². The van der Waals surface area contributed by atoms with E-state index in [1.807, 2.05) is 42.5 Å². The summed E-state index contributed by atoms with van der Waals surface area (Å²) in [4.78, 5) is 50.7. The van der Waals surface area contributed by atoms with Crippen molar-refractivity contribution in [2.24, 2.45) is 11.8 Å². The molecular formula is C29H21FN4O3. The number of carbonyl (C=O) groups excluding carboxylic acids is 2. The number of amides is 2. The topological polar surface area (TPSA) is 75.5 Å². The SMILES string of the molecule is O=C1[C@H]2[C@H]3CCCN3[C@@]3(c4ccccc4-n4c3nc3ccccc3c4=O)[C@H]2C(=O)N1c1ccc(F)cc1. The molecule has 0 aliphatic carbocycles. The summed E-state index contributed by atoms with van der Waals surface area (Å²) >= 11 is 0. The molecule has 4 aliphatic heterocycles. The van der Waals surface area contributed by atoms with Gasteiger partial charge in [-0.05, 0) is 61.9 Å². The van der Waals surface area contributed by atoms with Crippen LogP contribution in [0.1, 0.15) is 24.2 Å². The van der Waals surface area contributed by atoms with E-state index in [9.17, 15) is 18.8 Å². The monoisotopic (exact) mass is 492 g/mol. The molecule has 37 heavy (non-hydrogen) atoms. The van der Waals surface area contributed by atoms with Gasteiger partial charge in [0, 0.05) is 11.6 Å². The summed E-state index contributed by atoms with van der Waals surface area (Å²) in [5.74, 6) is -1.87. The molecule has 0 bridgehead atoms. The van der Waals surface area contributed by atoms with Crippen LogP contribution in [0.25, 0.3) is 16.6 Å². The van der Waals surface area contributed by atoms with Gasteiger partial charge in [0.25, 0.3) is 5.56 Å². The number of hydrogen-bond acceptors (Lipinski definition) is 5. The molecule has 0 saturated carbocycles. The number of aromatic nitrogens is 2. The highest BCUT2D eigenvalue weighted by Gasteiger charge is 2.73. The van der Waals surface area contributed by atoms with Crippen molar-refractivity contribution in [1.82, 2.24) is 14.5 Å². The fraction of sp³-hybridized carbons (Fsp3) is 0.241. The third-order valence-electron chi connectivity index (χ3n) is 8.73. The third kappa shape index (κ3) is 2.35. The normalized spacial score (nSPS) is 27.7. The van der Waals surface area contributed by atoms with Crippen LogP contribution in [0.5, 0.6) is 0 Å². The average Bonchev–Trinajstić information content (AvgIpc) is 3.62. The number of para-hydroxylation sites is 2. The second-order valence-corrected chi connectivity index (χ2v) is 10.3. The van der Waals surface area contributed by atoms with E-state index in [2.05, 4.69) is 4.90 Å². The molecule has 0 unspecified atom stereocenters. The average molecular weight is 493 g/mol. The Kier molecular flexibility index (Phi) is 3.96. The van der Waals surface area contributed by atoms with E-state index in [4.69, 9.17) is 4.98 Å². The summed E-state index contributed by atoms with van der Waals surface area (Å²) in [6.07, 6.45) is 1.66. The first-order chi connectivity index (χ1) is 18.0. The minimum atomic E-state index is -1.05. The van der Waals surface area contributed by atoms with Gasteiger partial charge in [-0.1, -0.05) is 30.3 Å². The van der Waals surface area contributed by atoms with E-state index in [0.717, 1.165) is 18.4 Å². The van der Waals surface area contributed by atoms with E-state index in [1.54, 1.807) is 10.6 Å². The zero-order chi connectivity index (χ0) is 25.1. The lowest BCUT2D eigenvalue weighted by Gasteiger charge is -2.38. The van der Waals surface area contributed by atoms with Gasteiger partial charge < -0.3 is 0 Å². The van der Waals surface area contributed by atoms with Crippen molar-refractivity contribution in [3.8, 4) is 5.69 Å². The second kappa shape index (κ2) is 6.98. The van der Waals surface area contributed by atoms with Crippen molar-refractivity contribution in [1.29, 1.82) is 0 Å². The molecule has 1 aromatic heterocycles. The number of imide groups is 1. The maximum atomic E-state index is 14.3. The van der Waals surface area contributed by atoms with Gasteiger partial charge in [-0.25, -0.2) is 14.3 Å². The van der Waals surface area contributed by atoms with Gasteiger partial charge in [0.05, 0.1) is 34.1 Å². The Morgan fingerprint density at radius 2 is 1.65 bits per heavy atom. The van der Waals surface area contributed by atoms with Gasteiger partial charge in [0.15, 0.2) is 0 Å². The van der Waals surface area contributed by atoms with Gasteiger partial charge in [-0.15, -0.1) is 0 Å². The predicted octanol–water partition coefficient (Wildman–Crippen LogP) is 3.37. The third-order valence-corrected chi connectivity index (χ3v) is 8.73. The van der Waals surface area contributed by atoms with E-state index >= 15 is 0 Å². The van der Waals surface area contributed by atoms with Crippen molar-refractivity contribution in [3.63, 3.8) is 0 Å². The predicted molar refractivity (Wildman–Crippen MR) is 134 cm³/mol. The number of anilines is 1. The van der Waals surface area contributed by atoms with Crippen LogP contribution < -0.4 is 10.5 Å². The van der Waals surface area contributed by atoms with Gasteiger partial charge in [0.2, 0.25) is 11.8 Å². The summed E-state index contributed by atoms with van der Waals surface area (Å²) in [5.41, 5.74) is 1.23. The first-order valence-electron chi connectivity index (χ1n) is 12.6. The molecule has 3 saturated heterocycles. The molecular weight excluding hydrogens is 471 g/mol. The Balaban J connectivity index is 1.45. The van der Waals surface area contributed by atoms with Crippen molar-refractivity contribution < 1.29 is 14.0 Å². The molecule has 0 N–H and O–H groups in total. The lowest BCUT2D eigenvalue weighted by atomic mass is 9.75. The summed E-state index contributed by atoms with van der Waals surface area (Å²) < 4.78 is 15.3. The first kappa shape index (κ1) is 21.0. The minimum Gasteiger partial charge on any atom is -0.283 e. The summed E-state index contributed by atoms with van der Waals surface area (Å²) in [5, 5.41) is 0.507. The Labute approximate surface area is 210 Å². The molecule has 3 fully saturated rings. The first-order valence-corrected chi connectivity index (χ1v) is 12.6. The highest BCUT2D eigenvalue weighted by Crippen LogP contribution is 2.62. The summed E-state index contributed by atoms with van der Waals surface area (Å²) in [6, 6.07) is 20.2. The lowest BCUT2D eigenvalue weighted by molar-refractivity contribution is -0.124. The fourth-order valence-corrected chi connectivity index (χ4v) is 7.46. The van der Waals surface area contributed by atoms with Crippen molar-refractivity contribution in [2.45, 2.75) is 24.4 Å². The molecule has 0 radical (unpaired) electrons. The van der Waals surface area contributed by atoms with Crippen LogP contribution >= 0.6 is 0 Å². The highest BCUT2D eigenvalue weighted by molar-refractivity contribution is 6.23. The number of rotatable bonds is 1. The van der Waals surface area contributed by atoms with E-state index in [-0.39, 0.29) is 23.4 Å². The molecule has 4 aliphatic rings. The van der Waals surface area contributed by atoms with Crippen LogP contribution in [-0.2, 0) is 15.1 Å². The maximum Gasteiger partial charge on any atom is 0.266 e. The van der Waals surface area contributed by atoms with Crippen LogP contribution in [0.2, 0.25) is 0 Å². The zero-order valence-electron chi connectivity index (χ0n) is 19.7. The number of halogens is 1. The van der Waals surface area contributed by atoms with Crippen LogP contribution in [0, 0.1) is 17.7 Å². The van der Waals surface area contributed by atoms with E-state index in [0.29, 0.717) is 34.6 Å². The molecule has 4 atom stereocenters. The van der Waals surface area contributed by atoms with Crippen LogP contribution in [0.4, 0.5) is 10.1 Å². The molecule has 5 heterocycles. The lowest BCUT2D eigenvalue weighted by Crippen LogP contribution is -2.51. The second-order valence-electron chi connectivity index (χ2n) is 10.3. The quantitative estimate of drug-likeness (QED) is 0.381. The summed E-state index contributed by atoms with van der Waals surface area (Å²) in [7, 11) is 0. The molecule has 8 heteroatoms. The number of nitrogens with zero attached hydrogens (tertiary/aromatic N) is 4. The van der Waals surface area contributed by atoms with Gasteiger partial charge in [0.1, 0.15) is 17.2 Å². The van der Waals surface area contributed by atoms with Gasteiger partial charge in [-0.3, -0.25) is 23.9 Å². The molecule has 3 aromatic carbocycles. The Morgan fingerprint density at radius 1 is 0.892 bits per heavy atom. The number of hydrogen-bond donors (Lipinski definition) is 0. The Bertz CT molecular complexity index is 1730. The Hall–Kier alpha value is -4.17. The maximum absolute atomic E-state index is 14.3. The molecule has 8 rings (SSSR count). The van der Waals surface area contributed by atoms with Crippen LogP contribution in [0.15, 0.2) is 77.6 Å². The van der Waals surface area contributed by atoms with E-state index < -0.39 is 23.2 Å². The zero-order valence-corrected chi connectivity index (χ0v) is 19.7. The molecule has 2 amide bonds. The summed E-state index contributed by atoms with van der Waals surface area (Å²) in [6.45, 7) is 0.700. The van der Waals surface area contributed by atoms with Crippen molar-refractivity contribution in [3.05, 3.63) is 100 Å². The van der Waals surface area contributed by atoms with Crippen molar-refractivity contribution >= 4 is 28.4 Å². The standard InChI is InChI=1S/C29H21FN4O3/c30-16-11-13-17(14-12-16)33-26(36)23-22-10-5-15-32(22)29(24(23)27(33)37)19-7-2-4-9-21(19)34-25(35)18-6-1-3-8-20(18)31-28(29)34/h1-4,6-9,11-14,22-24H,5,10,15H2/t22-,23+,24-,29+/m1/s1. The number of benzene rings is 3. The molecule has 182 valence electrons. The van der Waals surface area contributed by atoms with Crippen molar-refractivity contribution in [2.75, 3.05) is 11.4 Å². The Morgan fingerprint density at radius 3 is 2.49 bits per heavy atom. The molecule has 1 spiro atoms. The minimum absolute atomic E-state index is 0.158.